The summed E-state index contributed by atoms with van der Waals surface area (Å²) in [6.07, 6.45) is 0.961. The van der Waals surface area contributed by atoms with Gasteiger partial charge in [0.2, 0.25) is 10.0 Å². The highest BCUT2D eigenvalue weighted by Crippen LogP contribution is 2.10. The van der Waals surface area contributed by atoms with Crippen molar-refractivity contribution in [1.82, 2.24) is 13.9 Å². The maximum atomic E-state index is 13.5. The largest absolute Gasteiger partial charge is 0.330 e. The number of sulfonamides is 1. The molecule has 0 saturated heterocycles. The van der Waals surface area contributed by atoms with E-state index in [1.54, 1.807) is 13.0 Å². The van der Waals surface area contributed by atoms with Crippen LogP contribution < -0.4 is 16.0 Å². The summed E-state index contributed by atoms with van der Waals surface area (Å²) >= 11 is 0. The monoisotopic (exact) mass is 341 g/mol. The van der Waals surface area contributed by atoms with E-state index in [1.807, 2.05) is 0 Å². The first-order valence-electron chi connectivity index (χ1n) is 6.65. The fourth-order valence-corrected chi connectivity index (χ4v) is 3.14. The molecular formula is C14H16FN3O4S. The summed E-state index contributed by atoms with van der Waals surface area (Å²) in [5, 5.41) is 0. The van der Waals surface area contributed by atoms with Crippen LogP contribution in [0.4, 0.5) is 4.39 Å². The molecule has 23 heavy (non-hydrogen) atoms. The third-order valence-corrected chi connectivity index (χ3v) is 4.79. The number of aromatic nitrogens is 2. The van der Waals surface area contributed by atoms with Crippen LogP contribution in [0.5, 0.6) is 0 Å². The molecule has 0 spiro atoms. The highest BCUT2D eigenvalue weighted by molar-refractivity contribution is 7.89. The maximum absolute atomic E-state index is 13.5. The van der Waals surface area contributed by atoms with E-state index in [0.717, 1.165) is 10.8 Å². The van der Waals surface area contributed by atoms with Crippen molar-refractivity contribution < 1.29 is 12.8 Å². The first kappa shape index (κ1) is 17.1. The second-order valence-electron chi connectivity index (χ2n) is 5.16. The van der Waals surface area contributed by atoms with Crippen LogP contribution in [-0.4, -0.2) is 17.6 Å². The Kier molecular flexibility index (Phi) is 4.53. The van der Waals surface area contributed by atoms with Crippen LogP contribution in [0.25, 0.3) is 0 Å². The van der Waals surface area contributed by atoms with Gasteiger partial charge in [0, 0.05) is 26.8 Å². The van der Waals surface area contributed by atoms with E-state index in [9.17, 15) is 22.4 Å². The molecule has 0 unspecified atom stereocenters. The molecule has 0 radical (unpaired) electrons. The van der Waals surface area contributed by atoms with Crippen molar-refractivity contribution in [3.63, 3.8) is 0 Å². The molecule has 9 heteroatoms. The van der Waals surface area contributed by atoms with Crippen molar-refractivity contribution in [3.8, 4) is 0 Å². The average molecular weight is 341 g/mol. The van der Waals surface area contributed by atoms with E-state index in [-0.39, 0.29) is 6.54 Å². The Hall–Kier alpha value is -2.26. The number of nitrogens with one attached hydrogen (secondary N) is 1. The van der Waals surface area contributed by atoms with Crippen molar-refractivity contribution in [3.05, 3.63) is 62.2 Å². The summed E-state index contributed by atoms with van der Waals surface area (Å²) in [7, 11) is -1.60. The van der Waals surface area contributed by atoms with E-state index < -0.39 is 32.0 Å². The number of nitrogens with zero attached hydrogens (tertiary/aromatic N) is 2. The molecule has 1 aromatic carbocycles. The van der Waals surface area contributed by atoms with E-state index in [1.165, 1.54) is 26.2 Å². The summed E-state index contributed by atoms with van der Waals surface area (Å²) in [4.78, 5) is 23.0. The van der Waals surface area contributed by atoms with Gasteiger partial charge in [-0.2, -0.15) is 0 Å². The SMILES string of the molecule is Cc1ccc(CNS(=O)(=O)c2cn(C)c(=O)n(C)c2=O)cc1F. The van der Waals surface area contributed by atoms with Gasteiger partial charge >= 0.3 is 5.69 Å². The standard InChI is InChI=1S/C14H16FN3O4S/c1-9-4-5-10(6-11(9)15)7-16-23(21,22)12-8-17(2)14(20)18(3)13(12)19/h4-6,8,16H,7H2,1-3H3. The second kappa shape index (κ2) is 6.09. The minimum atomic E-state index is -4.14. The predicted molar refractivity (Wildman–Crippen MR) is 82.1 cm³/mol. The van der Waals surface area contributed by atoms with Gasteiger partial charge in [-0.25, -0.2) is 22.3 Å². The molecule has 0 amide bonds. The lowest BCUT2D eigenvalue weighted by Gasteiger charge is -2.09. The minimum absolute atomic E-state index is 0.175. The summed E-state index contributed by atoms with van der Waals surface area (Å²) in [6, 6.07) is 4.33. The molecule has 0 bridgehead atoms. The van der Waals surface area contributed by atoms with E-state index in [2.05, 4.69) is 4.72 Å². The van der Waals surface area contributed by atoms with Gasteiger partial charge in [-0.1, -0.05) is 12.1 Å². The van der Waals surface area contributed by atoms with Crippen LogP contribution in [0.1, 0.15) is 11.1 Å². The fraction of sp³-hybridized carbons (Fsp3) is 0.286. The Morgan fingerprint density at radius 2 is 1.87 bits per heavy atom. The lowest BCUT2D eigenvalue weighted by molar-refractivity contribution is 0.569. The van der Waals surface area contributed by atoms with Crippen LogP contribution in [0.2, 0.25) is 0 Å². The highest BCUT2D eigenvalue weighted by Gasteiger charge is 2.21. The van der Waals surface area contributed by atoms with Crippen LogP contribution >= 0.6 is 0 Å². The molecule has 1 aromatic heterocycles. The van der Waals surface area contributed by atoms with Crippen molar-refractivity contribution in [2.45, 2.75) is 18.4 Å². The minimum Gasteiger partial charge on any atom is -0.302 e. The fourth-order valence-electron chi connectivity index (χ4n) is 1.96. The van der Waals surface area contributed by atoms with Gasteiger partial charge in [-0.15, -0.1) is 0 Å². The lowest BCUT2D eigenvalue weighted by atomic mass is 10.1. The van der Waals surface area contributed by atoms with Crippen LogP contribution in [0.15, 0.2) is 38.9 Å². The summed E-state index contributed by atoms with van der Waals surface area (Å²) < 4.78 is 41.9. The summed E-state index contributed by atoms with van der Waals surface area (Å²) in [5.41, 5.74) is -0.688. The topological polar surface area (TPSA) is 90.2 Å². The number of hydrogen-bond donors (Lipinski definition) is 1. The van der Waals surface area contributed by atoms with Crippen LogP contribution in [0, 0.1) is 12.7 Å². The molecule has 0 aliphatic carbocycles. The number of halogens is 1. The van der Waals surface area contributed by atoms with Crippen molar-refractivity contribution in [2.75, 3.05) is 0 Å². The molecule has 1 N–H and O–H groups in total. The Labute approximate surface area is 132 Å². The van der Waals surface area contributed by atoms with Gasteiger partial charge in [-0.3, -0.25) is 9.36 Å². The van der Waals surface area contributed by atoms with Crippen molar-refractivity contribution in [2.24, 2.45) is 14.1 Å². The summed E-state index contributed by atoms with van der Waals surface area (Å²) in [6.45, 7) is 1.42. The van der Waals surface area contributed by atoms with Crippen LogP contribution in [-0.2, 0) is 30.7 Å². The first-order chi connectivity index (χ1) is 10.6. The van der Waals surface area contributed by atoms with Crippen LogP contribution in [0.3, 0.4) is 0 Å². The molecule has 2 rings (SSSR count). The zero-order chi connectivity index (χ0) is 17.4. The zero-order valence-corrected chi connectivity index (χ0v) is 13.6. The molecule has 7 nitrogen and oxygen atoms in total. The number of rotatable bonds is 4. The van der Waals surface area contributed by atoms with Crippen molar-refractivity contribution in [1.29, 1.82) is 0 Å². The Balaban J connectivity index is 2.35. The van der Waals surface area contributed by atoms with Crippen molar-refractivity contribution >= 4 is 10.0 Å². The quantitative estimate of drug-likeness (QED) is 0.848. The maximum Gasteiger partial charge on any atom is 0.330 e. The van der Waals surface area contributed by atoms with E-state index in [0.29, 0.717) is 15.7 Å². The Bertz CT molecular complexity index is 976. The number of benzene rings is 1. The molecule has 0 fully saturated rings. The zero-order valence-electron chi connectivity index (χ0n) is 12.8. The molecular weight excluding hydrogens is 325 g/mol. The third kappa shape index (κ3) is 3.40. The van der Waals surface area contributed by atoms with Gasteiger partial charge in [0.05, 0.1) is 0 Å². The lowest BCUT2D eigenvalue weighted by Crippen LogP contribution is -2.41. The predicted octanol–water partition coefficient (Wildman–Crippen LogP) is 0.0100. The van der Waals surface area contributed by atoms with Gasteiger partial charge in [-0.05, 0) is 24.1 Å². The summed E-state index contributed by atoms with van der Waals surface area (Å²) in [5.74, 6) is -0.445. The smallest absolute Gasteiger partial charge is 0.302 e. The Morgan fingerprint density at radius 1 is 1.22 bits per heavy atom. The molecule has 0 saturated carbocycles. The second-order valence-corrected chi connectivity index (χ2v) is 6.89. The third-order valence-electron chi connectivity index (χ3n) is 3.41. The number of aryl methyl sites for hydroxylation is 2. The molecule has 1 heterocycles. The first-order valence-corrected chi connectivity index (χ1v) is 8.13. The molecule has 0 aliphatic heterocycles. The molecule has 0 atom stereocenters. The molecule has 124 valence electrons. The van der Waals surface area contributed by atoms with Gasteiger partial charge < -0.3 is 4.57 Å². The Morgan fingerprint density at radius 3 is 2.48 bits per heavy atom. The van der Waals surface area contributed by atoms with E-state index in [4.69, 9.17) is 0 Å². The molecule has 2 aromatic rings. The van der Waals surface area contributed by atoms with Gasteiger partial charge in [0.15, 0.2) is 4.90 Å². The van der Waals surface area contributed by atoms with Gasteiger partial charge in [0.1, 0.15) is 5.82 Å². The van der Waals surface area contributed by atoms with E-state index >= 15 is 0 Å². The van der Waals surface area contributed by atoms with Gasteiger partial charge in [0.25, 0.3) is 5.56 Å². The average Bonchev–Trinajstić information content (AvgIpc) is 2.50. The number of hydrogen-bond acceptors (Lipinski definition) is 4. The highest BCUT2D eigenvalue weighted by atomic mass is 32.2. The molecule has 0 aliphatic rings. The normalized spacial score (nSPS) is 11.7.